The highest BCUT2D eigenvalue weighted by Crippen LogP contribution is 2.26. The second-order valence-corrected chi connectivity index (χ2v) is 9.48. The highest BCUT2D eigenvalue weighted by molar-refractivity contribution is 7.99. The molecule has 0 saturated heterocycles. The molecule has 0 aliphatic rings. The van der Waals surface area contributed by atoms with Crippen molar-refractivity contribution in [2.75, 3.05) is 17.7 Å². The summed E-state index contributed by atoms with van der Waals surface area (Å²) in [5.41, 5.74) is 0.966. The number of fused-ring (bicyclic) bond motifs is 1. The van der Waals surface area contributed by atoms with Gasteiger partial charge in [0.1, 0.15) is 5.82 Å². The molecular formula is C23H22Cl2N6O3S. The Morgan fingerprint density at radius 1 is 1.14 bits per heavy atom. The molecule has 0 spiro atoms. The van der Waals surface area contributed by atoms with Crippen LogP contribution in [0.5, 0.6) is 0 Å². The lowest BCUT2D eigenvalue weighted by molar-refractivity contribution is -0.113. The SMILES string of the molecule is Cn1c(Cc2nn(CCCO)c(=O)c3ccccc23)nnc1SCC(=O)Nc1ccc(Cl)cc1Cl. The molecule has 0 saturated carbocycles. The van der Waals surface area contributed by atoms with E-state index in [1.807, 2.05) is 25.2 Å². The summed E-state index contributed by atoms with van der Waals surface area (Å²) in [5.74, 6) is 0.504. The Hall–Kier alpha value is -2.92. The van der Waals surface area contributed by atoms with Crippen molar-refractivity contribution in [1.82, 2.24) is 24.5 Å². The summed E-state index contributed by atoms with van der Waals surface area (Å²) in [6.07, 6.45) is 0.773. The van der Waals surface area contributed by atoms with Crippen LogP contribution in [0.15, 0.2) is 52.4 Å². The van der Waals surface area contributed by atoms with Gasteiger partial charge in [0.2, 0.25) is 5.91 Å². The van der Waals surface area contributed by atoms with Gasteiger partial charge < -0.3 is 15.0 Å². The van der Waals surface area contributed by atoms with E-state index in [1.165, 1.54) is 16.4 Å². The largest absolute Gasteiger partial charge is 0.396 e. The lowest BCUT2D eigenvalue weighted by atomic mass is 10.1. The number of aromatic nitrogens is 5. The van der Waals surface area contributed by atoms with Crippen LogP contribution in [0.25, 0.3) is 10.8 Å². The van der Waals surface area contributed by atoms with E-state index in [1.54, 1.807) is 28.8 Å². The number of carbonyl (C=O) groups excluding carboxylic acids is 1. The lowest BCUT2D eigenvalue weighted by Crippen LogP contribution is -2.25. The fraction of sp³-hybridized carbons (Fsp3) is 0.261. The van der Waals surface area contributed by atoms with Gasteiger partial charge in [0.25, 0.3) is 5.56 Å². The molecule has 1 amide bonds. The Kier molecular flexibility index (Phi) is 8.07. The maximum Gasteiger partial charge on any atom is 0.274 e. The molecule has 9 nitrogen and oxygen atoms in total. The van der Waals surface area contributed by atoms with Crippen LogP contribution in [0.4, 0.5) is 5.69 Å². The van der Waals surface area contributed by atoms with Crippen LogP contribution in [-0.2, 0) is 24.8 Å². The van der Waals surface area contributed by atoms with Gasteiger partial charge >= 0.3 is 0 Å². The first-order valence-corrected chi connectivity index (χ1v) is 12.5. The number of carbonyl (C=O) groups is 1. The Morgan fingerprint density at radius 3 is 2.66 bits per heavy atom. The van der Waals surface area contributed by atoms with Crippen LogP contribution >= 0.6 is 35.0 Å². The van der Waals surface area contributed by atoms with Crippen LogP contribution in [-0.4, -0.2) is 47.9 Å². The molecule has 0 atom stereocenters. The van der Waals surface area contributed by atoms with Crippen molar-refractivity contribution in [3.05, 3.63) is 74.4 Å². The Labute approximate surface area is 215 Å². The summed E-state index contributed by atoms with van der Waals surface area (Å²) in [7, 11) is 1.82. The number of nitrogens with one attached hydrogen (secondary N) is 1. The van der Waals surface area contributed by atoms with E-state index in [2.05, 4.69) is 20.6 Å². The molecule has 0 fully saturated rings. The number of hydrogen-bond acceptors (Lipinski definition) is 7. The fourth-order valence-electron chi connectivity index (χ4n) is 3.49. The maximum absolute atomic E-state index is 12.8. The first-order valence-electron chi connectivity index (χ1n) is 10.7. The van der Waals surface area contributed by atoms with Crippen LogP contribution in [0.3, 0.4) is 0 Å². The van der Waals surface area contributed by atoms with Crippen molar-refractivity contribution in [3.63, 3.8) is 0 Å². The van der Waals surface area contributed by atoms with Crippen molar-refractivity contribution in [3.8, 4) is 0 Å². The van der Waals surface area contributed by atoms with Gasteiger partial charge in [-0.05, 0) is 30.7 Å². The molecule has 0 radical (unpaired) electrons. The van der Waals surface area contributed by atoms with E-state index in [0.29, 0.717) is 57.2 Å². The van der Waals surface area contributed by atoms with Crippen molar-refractivity contribution >= 4 is 57.3 Å². The molecule has 0 aliphatic heterocycles. The van der Waals surface area contributed by atoms with Crippen molar-refractivity contribution in [2.24, 2.45) is 7.05 Å². The van der Waals surface area contributed by atoms with Gasteiger partial charge in [-0.25, -0.2) is 4.68 Å². The van der Waals surface area contributed by atoms with E-state index < -0.39 is 0 Å². The zero-order chi connectivity index (χ0) is 24.9. The molecule has 2 aromatic carbocycles. The Morgan fingerprint density at radius 2 is 1.91 bits per heavy atom. The standard InChI is InChI=1S/C23H22Cl2N6O3S/c1-30-20(12-19-15-5-2-3-6-16(15)22(34)31(29-19)9-4-10-32)27-28-23(30)35-13-21(33)26-18-8-7-14(24)11-17(18)25/h2-3,5-8,11,32H,4,9-10,12-13H2,1H3,(H,26,33). The minimum Gasteiger partial charge on any atom is -0.396 e. The number of rotatable bonds is 9. The van der Waals surface area contributed by atoms with Crippen LogP contribution < -0.4 is 10.9 Å². The number of aryl methyl sites for hydroxylation is 1. The number of aliphatic hydroxyl groups is 1. The van der Waals surface area contributed by atoms with Crippen molar-refractivity contribution < 1.29 is 9.90 Å². The molecule has 12 heteroatoms. The molecule has 0 aliphatic carbocycles. The molecule has 182 valence electrons. The topological polar surface area (TPSA) is 115 Å². The maximum atomic E-state index is 12.8. The Balaban J connectivity index is 1.50. The third-order valence-corrected chi connectivity index (χ3v) is 6.83. The predicted octanol–water partition coefficient (Wildman–Crippen LogP) is 3.54. The molecule has 4 rings (SSSR count). The molecule has 2 N–H and O–H groups in total. The van der Waals surface area contributed by atoms with Gasteiger partial charge in [-0.2, -0.15) is 5.10 Å². The molecule has 0 unspecified atom stereocenters. The number of anilines is 1. The summed E-state index contributed by atoms with van der Waals surface area (Å²) in [5, 5.41) is 27.7. The Bertz CT molecular complexity index is 1440. The molecule has 0 bridgehead atoms. The molecular weight excluding hydrogens is 511 g/mol. The minimum absolute atomic E-state index is 0.0298. The van der Waals surface area contributed by atoms with Gasteiger partial charge in [0.15, 0.2) is 5.16 Å². The second kappa shape index (κ2) is 11.2. The third-order valence-electron chi connectivity index (χ3n) is 5.26. The number of benzene rings is 2. The summed E-state index contributed by atoms with van der Waals surface area (Å²) in [4.78, 5) is 25.2. The van der Waals surface area contributed by atoms with Crippen molar-refractivity contribution in [1.29, 1.82) is 0 Å². The third kappa shape index (κ3) is 5.84. The number of halogens is 2. The highest BCUT2D eigenvalue weighted by atomic mass is 35.5. The molecule has 4 aromatic rings. The van der Waals surface area contributed by atoms with Crippen molar-refractivity contribution in [2.45, 2.75) is 24.5 Å². The second-order valence-electron chi connectivity index (χ2n) is 7.69. The van der Waals surface area contributed by atoms with Crippen LogP contribution in [0.1, 0.15) is 17.9 Å². The monoisotopic (exact) mass is 532 g/mol. The summed E-state index contributed by atoms with van der Waals surface area (Å²) >= 11 is 13.2. The first kappa shape index (κ1) is 25.2. The zero-order valence-electron chi connectivity index (χ0n) is 18.7. The number of thioether (sulfide) groups is 1. The van der Waals surface area contributed by atoms with E-state index in [9.17, 15) is 9.59 Å². The van der Waals surface area contributed by atoms with Gasteiger partial charge in [0.05, 0.1) is 34.0 Å². The van der Waals surface area contributed by atoms with Gasteiger partial charge in [-0.1, -0.05) is 53.2 Å². The van der Waals surface area contributed by atoms with Gasteiger partial charge in [0, 0.05) is 30.6 Å². The average Bonchev–Trinajstić information content (AvgIpc) is 3.19. The number of aliphatic hydroxyl groups excluding tert-OH is 1. The van der Waals surface area contributed by atoms with E-state index in [4.69, 9.17) is 28.3 Å². The summed E-state index contributed by atoms with van der Waals surface area (Å²) in [6, 6.07) is 12.1. The van der Waals surface area contributed by atoms with E-state index in [-0.39, 0.29) is 23.8 Å². The molecule has 2 heterocycles. The predicted molar refractivity (Wildman–Crippen MR) is 137 cm³/mol. The highest BCUT2D eigenvalue weighted by Gasteiger charge is 2.16. The smallest absolute Gasteiger partial charge is 0.274 e. The quantitative estimate of drug-likeness (QED) is 0.317. The molecule has 2 aromatic heterocycles. The number of nitrogens with zero attached hydrogens (tertiary/aromatic N) is 5. The fourth-order valence-corrected chi connectivity index (χ4v) is 4.68. The average molecular weight is 533 g/mol. The van der Waals surface area contributed by atoms with E-state index in [0.717, 1.165) is 5.39 Å². The zero-order valence-corrected chi connectivity index (χ0v) is 21.1. The van der Waals surface area contributed by atoms with Gasteiger partial charge in [-0.3, -0.25) is 9.59 Å². The lowest BCUT2D eigenvalue weighted by Gasteiger charge is -2.11. The number of amides is 1. The normalized spacial score (nSPS) is 11.2. The van der Waals surface area contributed by atoms with Crippen LogP contribution in [0.2, 0.25) is 10.0 Å². The van der Waals surface area contributed by atoms with E-state index >= 15 is 0 Å². The molecule has 35 heavy (non-hydrogen) atoms. The summed E-state index contributed by atoms with van der Waals surface area (Å²) < 4.78 is 3.18. The summed E-state index contributed by atoms with van der Waals surface area (Å²) in [6.45, 7) is 0.289. The van der Waals surface area contributed by atoms with Crippen LogP contribution in [0, 0.1) is 0 Å². The number of hydrogen-bond donors (Lipinski definition) is 2. The minimum atomic E-state index is -0.243. The first-order chi connectivity index (χ1) is 16.9. The van der Waals surface area contributed by atoms with Gasteiger partial charge in [-0.15, -0.1) is 10.2 Å².